The van der Waals surface area contributed by atoms with E-state index < -0.39 is 0 Å². The average Bonchev–Trinajstić information content (AvgIpc) is 2.52. The summed E-state index contributed by atoms with van der Waals surface area (Å²) in [4.78, 5) is 3.12. The van der Waals surface area contributed by atoms with E-state index in [-0.39, 0.29) is 0 Å². The van der Waals surface area contributed by atoms with Gasteiger partial charge in [-0.25, -0.2) is 0 Å². The summed E-state index contributed by atoms with van der Waals surface area (Å²) in [6, 6.07) is 2.72. The third-order valence-corrected chi connectivity index (χ3v) is 7.13. The molecular formula is C21H39N. The molecule has 0 aliphatic heterocycles. The highest BCUT2D eigenvalue weighted by Crippen LogP contribution is 2.40. The molecule has 3 aliphatic rings. The second kappa shape index (κ2) is 7.69. The predicted octanol–water partition coefficient (Wildman–Crippen LogP) is 6.02. The van der Waals surface area contributed by atoms with Crippen LogP contribution >= 0.6 is 0 Å². The van der Waals surface area contributed by atoms with E-state index in [2.05, 4.69) is 25.7 Å². The Morgan fingerprint density at radius 2 is 1.27 bits per heavy atom. The van der Waals surface area contributed by atoms with Crippen molar-refractivity contribution >= 4 is 0 Å². The van der Waals surface area contributed by atoms with Crippen LogP contribution in [-0.4, -0.2) is 23.0 Å². The second-order valence-corrected chi connectivity index (χ2v) is 9.13. The minimum Gasteiger partial charge on any atom is -0.294 e. The van der Waals surface area contributed by atoms with Crippen molar-refractivity contribution in [1.29, 1.82) is 0 Å². The van der Waals surface area contributed by atoms with E-state index in [0.29, 0.717) is 0 Å². The molecule has 0 bridgehead atoms. The standard InChI is InChI=1S/C21H39N/c1-16-8-7-11-20(14-16)22(19-9-5-4-6-10-19)21-15-17(2)12-13-18(21)3/h16-21H,4-15H2,1-3H3. The van der Waals surface area contributed by atoms with E-state index in [9.17, 15) is 0 Å². The second-order valence-electron chi connectivity index (χ2n) is 9.13. The van der Waals surface area contributed by atoms with Crippen LogP contribution in [-0.2, 0) is 0 Å². The molecule has 3 fully saturated rings. The first-order valence-electron chi connectivity index (χ1n) is 10.4. The largest absolute Gasteiger partial charge is 0.294 e. The van der Waals surface area contributed by atoms with Crippen LogP contribution in [0.4, 0.5) is 0 Å². The van der Waals surface area contributed by atoms with Gasteiger partial charge in [0.1, 0.15) is 0 Å². The van der Waals surface area contributed by atoms with Gasteiger partial charge in [-0.1, -0.05) is 59.3 Å². The zero-order valence-corrected chi connectivity index (χ0v) is 15.4. The molecule has 1 heteroatoms. The van der Waals surface area contributed by atoms with Gasteiger partial charge in [0.15, 0.2) is 0 Å². The van der Waals surface area contributed by atoms with Crippen molar-refractivity contribution in [3.8, 4) is 0 Å². The predicted molar refractivity (Wildman–Crippen MR) is 96.1 cm³/mol. The normalized spacial score (nSPS) is 41.7. The minimum absolute atomic E-state index is 0.891. The molecule has 3 aliphatic carbocycles. The summed E-state index contributed by atoms with van der Waals surface area (Å²) in [5.74, 6) is 2.84. The molecule has 0 aromatic heterocycles. The van der Waals surface area contributed by atoms with Crippen molar-refractivity contribution in [2.75, 3.05) is 0 Å². The summed E-state index contributed by atoms with van der Waals surface area (Å²) in [5, 5.41) is 0. The SMILES string of the molecule is CC1CCCC(N(C2CCCCC2)C2CC(C)CCC2C)C1. The Balaban J connectivity index is 1.77. The highest BCUT2D eigenvalue weighted by Gasteiger charge is 2.39. The summed E-state index contributed by atoms with van der Waals surface area (Å²) in [6.45, 7) is 7.55. The van der Waals surface area contributed by atoms with E-state index in [0.717, 1.165) is 35.9 Å². The van der Waals surface area contributed by atoms with Gasteiger partial charge in [0.25, 0.3) is 0 Å². The lowest BCUT2D eigenvalue weighted by molar-refractivity contribution is -0.0154. The molecule has 3 rings (SSSR count). The molecule has 0 spiro atoms. The smallest absolute Gasteiger partial charge is 0.0129 e. The zero-order chi connectivity index (χ0) is 15.5. The molecule has 0 heterocycles. The molecule has 22 heavy (non-hydrogen) atoms. The van der Waals surface area contributed by atoms with Crippen LogP contribution in [0.15, 0.2) is 0 Å². The molecular weight excluding hydrogens is 266 g/mol. The van der Waals surface area contributed by atoms with Gasteiger partial charge in [0.05, 0.1) is 0 Å². The summed E-state index contributed by atoms with van der Waals surface area (Å²) >= 11 is 0. The Labute approximate surface area is 139 Å². The summed E-state index contributed by atoms with van der Waals surface area (Å²) in [6.07, 6.45) is 17.8. The minimum atomic E-state index is 0.891. The van der Waals surface area contributed by atoms with Crippen molar-refractivity contribution < 1.29 is 0 Å². The third kappa shape index (κ3) is 3.89. The van der Waals surface area contributed by atoms with Crippen molar-refractivity contribution in [3.05, 3.63) is 0 Å². The Bertz CT molecular complexity index is 333. The molecule has 0 radical (unpaired) electrons. The molecule has 1 nitrogen and oxygen atoms in total. The lowest BCUT2D eigenvalue weighted by Crippen LogP contribution is -2.55. The van der Waals surface area contributed by atoms with E-state index in [1.807, 2.05) is 0 Å². The van der Waals surface area contributed by atoms with Gasteiger partial charge >= 0.3 is 0 Å². The van der Waals surface area contributed by atoms with Gasteiger partial charge in [0, 0.05) is 18.1 Å². The average molecular weight is 306 g/mol. The lowest BCUT2D eigenvalue weighted by atomic mass is 9.75. The first-order valence-corrected chi connectivity index (χ1v) is 10.4. The number of hydrogen-bond donors (Lipinski definition) is 0. The molecule has 0 saturated heterocycles. The highest BCUT2D eigenvalue weighted by molar-refractivity contribution is 4.93. The zero-order valence-electron chi connectivity index (χ0n) is 15.4. The van der Waals surface area contributed by atoms with Gasteiger partial charge in [-0.2, -0.15) is 0 Å². The topological polar surface area (TPSA) is 3.24 Å². The van der Waals surface area contributed by atoms with Crippen LogP contribution in [0.25, 0.3) is 0 Å². The Morgan fingerprint density at radius 3 is 2.00 bits per heavy atom. The molecule has 0 amide bonds. The Morgan fingerprint density at radius 1 is 0.591 bits per heavy atom. The Kier molecular flexibility index (Phi) is 5.87. The fourth-order valence-corrected chi connectivity index (χ4v) is 5.81. The van der Waals surface area contributed by atoms with E-state index in [1.54, 1.807) is 0 Å². The van der Waals surface area contributed by atoms with Crippen molar-refractivity contribution in [2.24, 2.45) is 17.8 Å². The van der Waals surface area contributed by atoms with Crippen LogP contribution in [0.2, 0.25) is 0 Å². The molecule has 5 unspecified atom stereocenters. The maximum atomic E-state index is 3.12. The van der Waals surface area contributed by atoms with Crippen LogP contribution in [0.3, 0.4) is 0 Å². The van der Waals surface area contributed by atoms with Gasteiger partial charge in [0.2, 0.25) is 0 Å². The van der Waals surface area contributed by atoms with Crippen LogP contribution in [0, 0.1) is 17.8 Å². The first kappa shape index (κ1) is 16.8. The number of rotatable bonds is 3. The van der Waals surface area contributed by atoms with Crippen LogP contribution in [0.1, 0.15) is 97.8 Å². The third-order valence-electron chi connectivity index (χ3n) is 7.13. The van der Waals surface area contributed by atoms with Crippen molar-refractivity contribution in [1.82, 2.24) is 4.90 Å². The number of hydrogen-bond acceptors (Lipinski definition) is 1. The van der Waals surface area contributed by atoms with Gasteiger partial charge < -0.3 is 0 Å². The monoisotopic (exact) mass is 305 g/mol. The van der Waals surface area contributed by atoms with Crippen molar-refractivity contribution in [2.45, 2.75) is 116 Å². The van der Waals surface area contributed by atoms with E-state index in [1.165, 1.54) is 77.0 Å². The summed E-state index contributed by atoms with van der Waals surface area (Å²) in [7, 11) is 0. The molecule has 0 aromatic rings. The first-order chi connectivity index (χ1) is 10.6. The maximum Gasteiger partial charge on any atom is 0.0129 e. The van der Waals surface area contributed by atoms with Gasteiger partial charge in [-0.15, -0.1) is 0 Å². The fraction of sp³-hybridized carbons (Fsp3) is 1.00. The fourth-order valence-electron chi connectivity index (χ4n) is 5.81. The van der Waals surface area contributed by atoms with Gasteiger partial charge in [-0.05, 0) is 56.3 Å². The summed E-state index contributed by atoms with van der Waals surface area (Å²) in [5.41, 5.74) is 0. The number of nitrogens with zero attached hydrogens (tertiary/aromatic N) is 1. The molecule has 128 valence electrons. The highest BCUT2D eigenvalue weighted by atomic mass is 15.2. The molecule has 5 atom stereocenters. The van der Waals surface area contributed by atoms with Gasteiger partial charge in [-0.3, -0.25) is 4.90 Å². The maximum absolute atomic E-state index is 3.12. The van der Waals surface area contributed by atoms with Crippen LogP contribution in [0.5, 0.6) is 0 Å². The molecule has 0 N–H and O–H groups in total. The van der Waals surface area contributed by atoms with E-state index >= 15 is 0 Å². The van der Waals surface area contributed by atoms with Crippen LogP contribution < -0.4 is 0 Å². The van der Waals surface area contributed by atoms with Crippen molar-refractivity contribution in [3.63, 3.8) is 0 Å². The lowest BCUT2D eigenvalue weighted by Gasteiger charge is -2.51. The van der Waals surface area contributed by atoms with E-state index in [4.69, 9.17) is 0 Å². The quantitative estimate of drug-likeness (QED) is 0.616. The molecule has 3 saturated carbocycles. The Hall–Kier alpha value is -0.0400. The molecule has 0 aromatic carbocycles. The summed E-state index contributed by atoms with van der Waals surface area (Å²) < 4.78 is 0.